The minimum atomic E-state index is 0.969. The maximum atomic E-state index is 4.70. The molecule has 0 aliphatic rings. The van der Waals surface area contributed by atoms with E-state index in [9.17, 15) is 0 Å². The number of halogens is 1. The summed E-state index contributed by atoms with van der Waals surface area (Å²) in [5.41, 5.74) is 5.01. The van der Waals surface area contributed by atoms with E-state index in [1.165, 1.54) is 4.88 Å². The molecule has 2 aromatic heterocycles. The van der Waals surface area contributed by atoms with Crippen molar-refractivity contribution in [3.05, 3.63) is 44.5 Å². The quantitative estimate of drug-likeness (QED) is 0.657. The Bertz CT molecular complexity index is 657. The van der Waals surface area contributed by atoms with Crippen LogP contribution in [-0.4, -0.2) is 9.97 Å². The van der Waals surface area contributed by atoms with Crippen molar-refractivity contribution in [3.8, 4) is 22.0 Å². The molecule has 2 heterocycles. The number of aromatic nitrogens is 2. The smallest absolute Gasteiger partial charge is 0.143 e. The van der Waals surface area contributed by atoms with E-state index in [1.807, 2.05) is 23.0 Å². The zero-order valence-corrected chi connectivity index (χ0v) is 12.8. The van der Waals surface area contributed by atoms with E-state index in [1.54, 1.807) is 22.7 Å². The summed E-state index contributed by atoms with van der Waals surface area (Å²) < 4.78 is 1.08. The summed E-state index contributed by atoms with van der Waals surface area (Å²) in [5, 5.41) is 3.02. The topological polar surface area (TPSA) is 25.8 Å². The van der Waals surface area contributed by atoms with Gasteiger partial charge in [-0.05, 0) is 19.1 Å². The van der Waals surface area contributed by atoms with Crippen LogP contribution in [0.3, 0.4) is 0 Å². The minimum absolute atomic E-state index is 0.969. The van der Waals surface area contributed by atoms with Crippen LogP contribution in [0.4, 0.5) is 0 Å². The third-order valence-electron chi connectivity index (χ3n) is 2.57. The highest BCUT2D eigenvalue weighted by atomic mass is 79.9. The number of hydrogen-bond acceptors (Lipinski definition) is 4. The van der Waals surface area contributed by atoms with E-state index in [0.717, 1.165) is 26.4 Å². The van der Waals surface area contributed by atoms with E-state index >= 15 is 0 Å². The molecule has 0 aliphatic carbocycles. The van der Waals surface area contributed by atoms with Crippen molar-refractivity contribution in [2.24, 2.45) is 0 Å². The predicted molar refractivity (Wildman–Crippen MR) is 81.1 cm³/mol. The zero-order valence-electron chi connectivity index (χ0n) is 9.55. The highest BCUT2D eigenvalue weighted by Crippen LogP contribution is 2.33. The van der Waals surface area contributed by atoms with Crippen molar-refractivity contribution in [2.75, 3.05) is 0 Å². The summed E-state index contributed by atoms with van der Waals surface area (Å²) in [4.78, 5) is 10.2. The molecule has 0 unspecified atom stereocenters. The lowest BCUT2D eigenvalue weighted by Gasteiger charge is -1.98. The average Bonchev–Trinajstić information content (AvgIpc) is 2.99. The Balaban J connectivity index is 2.06. The molecule has 0 saturated carbocycles. The van der Waals surface area contributed by atoms with Gasteiger partial charge in [0, 0.05) is 20.3 Å². The molecule has 3 rings (SSSR count). The largest absolute Gasteiger partial charge is 0.242 e. The molecule has 3 aromatic rings. The second kappa shape index (κ2) is 4.91. The highest BCUT2D eigenvalue weighted by molar-refractivity contribution is 9.10. The molecule has 0 saturated heterocycles. The number of benzene rings is 1. The second-order valence-electron chi connectivity index (χ2n) is 3.80. The summed E-state index contributed by atoms with van der Waals surface area (Å²) >= 11 is 6.74. The molecular formula is C13H9BrN2S2. The van der Waals surface area contributed by atoms with Gasteiger partial charge in [-0.2, -0.15) is 0 Å². The summed E-state index contributed by atoms with van der Waals surface area (Å²) in [6.07, 6.45) is 0. The minimum Gasteiger partial charge on any atom is -0.242 e. The van der Waals surface area contributed by atoms with E-state index < -0.39 is 0 Å². The molecule has 1 aromatic carbocycles. The van der Waals surface area contributed by atoms with E-state index in [4.69, 9.17) is 4.98 Å². The van der Waals surface area contributed by atoms with Gasteiger partial charge in [0.2, 0.25) is 0 Å². The number of nitrogens with zero attached hydrogens (tertiary/aromatic N) is 2. The lowest BCUT2D eigenvalue weighted by atomic mass is 10.1. The lowest BCUT2D eigenvalue weighted by Crippen LogP contribution is -1.81. The second-order valence-corrected chi connectivity index (χ2v) is 6.64. The van der Waals surface area contributed by atoms with Crippen LogP contribution in [0.1, 0.15) is 4.88 Å². The molecule has 0 N–H and O–H groups in total. The Morgan fingerprint density at radius 3 is 2.61 bits per heavy atom. The number of aryl methyl sites for hydroxylation is 1. The Hall–Kier alpha value is -1.04. The summed E-state index contributed by atoms with van der Waals surface area (Å²) in [5.74, 6) is 0. The molecular weight excluding hydrogens is 328 g/mol. The summed E-state index contributed by atoms with van der Waals surface area (Å²) in [6, 6.07) is 8.24. The van der Waals surface area contributed by atoms with Gasteiger partial charge >= 0.3 is 0 Å². The van der Waals surface area contributed by atoms with Gasteiger partial charge in [0.05, 0.1) is 11.2 Å². The van der Waals surface area contributed by atoms with Crippen LogP contribution >= 0.6 is 38.6 Å². The maximum Gasteiger partial charge on any atom is 0.143 e. The van der Waals surface area contributed by atoms with Crippen LogP contribution in [0.2, 0.25) is 0 Å². The molecule has 90 valence electrons. The Morgan fingerprint density at radius 2 is 1.94 bits per heavy atom. The van der Waals surface area contributed by atoms with Crippen molar-refractivity contribution in [1.82, 2.24) is 9.97 Å². The first-order valence-electron chi connectivity index (χ1n) is 5.36. The first-order valence-corrected chi connectivity index (χ1v) is 7.91. The van der Waals surface area contributed by atoms with Crippen molar-refractivity contribution in [3.63, 3.8) is 0 Å². The molecule has 2 nitrogen and oxygen atoms in total. The molecule has 0 aliphatic heterocycles. The number of rotatable bonds is 2. The van der Waals surface area contributed by atoms with Crippen LogP contribution < -0.4 is 0 Å². The molecule has 5 heteroatoms. The Morgan fingerprint density at radius 1 is 1.17 bits per heavy atom. The van der Waals surface area contributed by atoms with Gasteiger partial charge in [-0.3, -0.25) is 0 Å². The van der Waals surface area contributed by atoms with E-state index in [0.29, 0.717) is 0 Å². The van der Waals surface area contributed by atoms with Crippen LogP contribution in [-0.2, 0) is 0 Å². The van der Waals surface area contributed by atoms with Crippen molar-refractivity contribution >= 4 is 38.6 Å². The fourth-order valence-corrected chi connectivity index (χ4v) is 3.48. The molecule has 18 heavy (non-hydrogen) atoms. The van der Waals surface area contributed by atoms with Crippen molar-refractivity contribution in [1.29, 1.82) is 0 Å². The maximum absolute atomic E-state index is 4.70. The number of thiazole rings is 2. The van der Waals surface area contributed by atoms with Gasteiger partial charge in [0.15, 0.2) is 0 Å². The predicted octanol–water partition coefficient (Wildman–Crippen LogP) is 5.00. The van der Waals surface area contributed by atoms with Crippen molar-refractivity contribution in [2.45, 2.75) is 6.92 Å². The monoisotopic (exact) mass is 336 g/mol. The molecule has 0 spiro atoms. The third kappa shape index (κ3) is 2.25. The highest BCUT2D eigenvalue weighted by Gasteiger charge is 2.12. The van der Waals surface area contributed by atoms with Gasteiger partial charge in [-0.15, -0.1) is 22.7 Å². The Labute approximate surface area is 121 Å². The Kier molecular flexibility index (Phi) is 3.28. The first-order chi connectivity index (χ1) is 8.74. The normalized spacial score (nSPS) is 10.8. The van der Waals surface area contributed by atoms with Crippen LogP contribution in [0.15, 0.2) is 39.6 Å². The van der Waals surface area contributed by atoms with E-state index in [-0.39, 0.29) is 0 Å². The molecule has 0 atom stereocenters. The number of hydrogen-bond donors (Lipinski definition) is 0. The van der Waals surface area contributed by atoms with Gasteiger partial charge in [0.25, 0.3) is 0 Å². The van der Waals surface area contributed by atoms with E-state index in [2.05, 4.69) is 40.0 Å². The van der Waals surface area contributed by atoms with Crippen molar-refractivity contribution < 1.29 is 0 Å². The summed E-state index contributed by atoms with van der Waals surface area (Å²) in [7, 11) is 0. The standard InChI is InChI=1S/C13H9BrN2S2/c1-8-12(9-2-4-10(14)5-3-9)16-13(18-8)11-6-17-7-15-11/h2-7H,1H3. The third-order valence-corrected chi connectivity index (χ3v) is 4.67. The SMILES string of the molecule is Cc1sc(-c2cscn2)nc1-c1ccc(Br)cc1. The van der Waals surface area contributed by atoms with Gasteiger partial charge in [0.1, 0.15) is 10.7 Å². The van der Waals surface area contributed by atoms with Gasteiger partial charge in [-0.25, -0.2) is 9.97 Å². The van der Waals surface area contributed by atoms with Gasteiger partial charge < -0.3 is 0 Å². The van der Waals surface area contributed by atoms with Crippen LogP contribution in [0, 0.1) is 6.92 Å². The fraction of sp³-hybridized carbons (Fsp3) is 0.0769. The molecule has 0 radical (unpaired) electrons. The molecule has 0 amide bonds. The zero-order chi connectivity index (χ0) is 12.5. The lowest BCUT2D eigenvalue weighted by molar-refractivity contribution is 1.33. The average molecular weight is 337 g/mol. The van der Waals surface area contributed by atoms with Gasteiger partial charge in [-0.1, -0.05) is 28.1 Å². The molecule has 0 fully saturated rings. The fourth-order valence-electron chi connectivity index (χ4n) is 1.70. The van der Waals surface area contributed by atoms with Crippen LogP contribution in [0.25, 0.3) is 22.0 Å². The molecule has 0 bridgehead atoms. The summed E-state index contributed by atoms with van der Waals surface area (Å²) in [6.45, 7) is 2.10. The van der Waals surface area contributed by atoms with Crippen LogP contribution in [0.5, 0.6) is 0 Å². The first kappa shape index (κ1) is 12.0.